The van der Waals surface area contributed by atoms with Crippen LogP contribution in [0.15, 0.2) is 52.7 Å². The van der Waals surface area contributed by atoms with Crippen LogP contribution >= 0.6 is 11.8 Å². The number of anilines is 2. The highest BCUT2D eigenvalue weighted by molar-refractivity contribution is 8.01. The molecule has 11 nitrogen and oxygen atoms in total. The first-order valence-corrected chi connectivity index (χ1v) is 17.0. The fourth-order valence-corrected chi connectivity index (χ4v) is 6.53. The molecule has 0 aliphatic carbocycles. The van der Waals surface area contributed by atoms with Crippen molar-refractivity contribution < 1.29 is 14.3 Å². The van der Waals surface area contributed by atoms with Crippen LogP contribution in [0, 0.1) is 0 Å². The highest BCUT2D eigenvalue weighted by Gasteiger charge is 2.42. The van der Waals surface area contributed by atoms with E-state index in [0.717, 1.165) is 49.5 Å². The van der Waals surface area contributed by atoms with Gasteiger partial charge in [0.15, 0.2) is 11.4 Å². The summed E-state index contributed by atoms with van der Waals surface area (Å²) in [4.78, 5) is 29.3. The first-order chi connectivity index (χ1) is 21.8. The van der Waals surface area contributed by atoms with E-state index in [1.54, 1.807) is 36.0 Å². The van der Waals surface area contributed by atoms with E-state index in [0.29, 0.717) is 23.0 Å². The Kier molecular flexibility index (Phi) is 9.76. The van der Waals surface area contributed by atoms with Gasteiger partial charge in [-0.15, -0.1) is 5.10 Å². The van der Waals surface area contributed by atoms with Crippen LogP contribution in [0.2, 0.25) is 0 Å². The summed E-state index contributed by atoms with van der Waals surface area (Å²) < 4.78 is 7.95. The van der Waals surface area contributed by atoms with E-state index in [9.17, 15) is 9.59 Å². The Morgan fingerprint density at radius 2 is 1.76 bits per heavy atom. The summed E-state index contributed by atoms with van der Waals surface area (Å²) in [5.41, 5.74) is 3.45. The largest absolute Gasteiger partial charge is 0.480 e. The average Bonchev–Trinajstić information content (AvgIpc) is 3.77. The van der Waals surface area contributed by atoms with E-state index < -0.39 is 11.4 Å². The zero-order chi connectivity index (χ0) is 33.2. The smallest absolute Gasteiger partial charge is 0.268 e. The number of nitrogens with zero attached hydrogens (tertiary/aromatic N) is 7. The molecule has 246 valence electrons. The van der Waals surface area contributed by atoms with Gasteiger partial charge in [0.1, 0.15) is 11.6 Å². The summed E-state index contributed by atoms with van der Waals surface area (Å²) in [5, 5.41) is 20.9. The number of amidine groups is 1. The number of likely N-dealkylation sites (tertiary alicyclic amines) is 1. The van der Waals surface area contributed by atoms with Crippen molar-refractivity contribution in [2.75, 3.05) is 23.4 Å². The Morgan fingerprint density at radius 1 is 1.07 bits per heavy atom. The van der Waals surface area contributed by atoms with E-state index in [4.69, 9.17) is 9.84 Å². The van der Waals surface area contributed by atoms with E-state index in [1.165, 1.54) is 22.3 Å². The normalized spacial score (nSPS) is 17.8. The van der Waals surface area contributed by atoms with Gasteiger partial charge < -0.3 is 15.0 Å². The molecule has 1 saturated heterocycles. The number of carbonyl (C=O) groups is 2. The summed E-state index contributed by atoms with van der Waals surface area (Å²) in [6, 6.07) is 13.5. The van der Waals surface area contributed by atoms with Gasteiger partial charge >= 0.3 is 0 Å². The number of hydrogen-bond acceptors (Lipinski definition) is 9. The van der Waals surface area contributed by atoms with Crippen molar-refractivity contribution in [2.24, 2.45) is 12.1 Å². The molecule has 0 spiro atoms. The molecule has 2 aliphatic rings. The lowest BCUT2D eigenvalue weighted by atomic mass is 9.78. The molecule has 1 aromatic heterocycles. The van der Waals surface area contributed by atoms with Gasteiger partial charge in [0, 0.05) is 25.8 Å². The van der Waals surface area contributed by atoms with E-state index in [-0.39, 0.29) is 22.6 Å². The Labute approximate surface area is 276 Å². The molecule has 2 unspecified atom stereocenters. The predicted molar refractivity (Wildman–Crippen MR) is 182 cm³/mol. The average molecular weight is 647 g/mol. The monoisotopic (exact) mass is 646 g/mol. The zero-order valence-electron chi connectivity index (χ0n) is 28.2. The predicted octanol–water partition coefficient (Wildman–Crippen LogP) is 5.91. The van der Waals surface area contributed by atoms with Gasteiger partial charge in [-0.2, -0.15) is 10.1 Å². The van der Waals surface area contributed by atoms with Crippen LogP contribution in [-0.2, 0) is 27.5 Å². The first kappa shape index (κ1) is 33.4. The lowest BCUT2D eigenvalue weighted by molar-refractivity contribution is -0.123. The van der Waals surface area contributed by atoms with Crippen molar-refractivity contribution >= 4 is 40.8 Å². The second kappa shape index (κ2) is 13.4. The Balaban J connectivity index is 1.30. The molecule has 2 aromatic carbocycles. The Bertz CT molecular complexity index is 1590. The number of hydrazone groups is 1. The van der Waals surface area contributed by atoms with Crippen molar-refractivity contribution in [3.05, 3.63) is 53.6 Å². The highest BCUT2D eigenvalue weighted by atomic mass is 32.2. The number of thioether (sulfide) groups is 1. The van der Waals surface area contributed by atoms with Gasteiger partial charge in [-0.1, -0.05) is 72.4 Å². The minimum Gasteiger partial charge on any atom is -0.480 e. The molecule has 2 aliphatic heterocycles. The molecule has 3 heterocycles. The third kappa shape index (κ3) is 7.06. The number of tetrazole rings is 1. The molecule has 1 N–H and O–H groups in total. The van der Waals surface area contributed by atoms with Crippen LogP contribution in [0.3, 0.4) is 0 Å². The minimum atomic E-state index is -0.675. The van der Waals surface area contributed by atoms with E-state index >= 15 is 0 Å². The second-order valence-electron chi connectivity index (χ2n) is 13.6. The summed E-state index contributed by atoms with van der Waals surface area (Å²) in [7, 11) is 1.75. The molecule has 3 aromatic rings. The lowest BCUT2D eigenvalue weighted by Crippen LogP contribution is -2.37. The fraction of sp³-hybridized carbons (Fsp3) is 0.529. The topological polar surface area (TPSA) is 118 Å². The third-order valence-electron chi connectivity index (χ3n) is 8.87. The van der Waals surface area contributed by atoms with Gasteiger partial charge in [-0.3, -0.25) is 9.59 Å². The number of hydrogen-bond donors (Lipinski definition) is 1. The molecular weight excluding hydrogens is 600 g/mol. The minimum absolute atomic E-state index is 0.0423. The van der Waals surface area contributed by atoms with Crippen LogP contribution in [-0.4, -0.2) is 67.2 Å². The number of amides is 2. The first-order valence-electron chi connectivity index (χ1n) is 16.1. The second-order valence-corrected chi connectivity index (χ2v) is 14.7. The zero-order valence-corrected chi connectivity index (χ0v) is 29.0. The standard InChI is InChI=1S/C34H46N8O3S/c1-9-26(45-27-18-13-22(34(6,7)10-2)21-25(27)33(3,4)5)30(43)35-23-14-16-24(17-15-23)42-31(44)28(46-32-36-38-39-40(32)8)29(37-42)41-19-11-12-20-41/h13-18,21,26,28H,9-12,19-20H2,1-8H3,(H,35,43). The van der Waals surface area contributed by atoms with Crippen LogP contribution in [0.5, 0.6) is 5.75 Å². The number of aromatic nitrogens is 4. The van der Waals surface area contributed by atoms with Crippen LogP contribution in [0.4, 0.5) is 11.4 Å². The molecule has 12 heteroatoms. The summed E-state index contributed by atoms with van der Waals surface area (Å²) in [6.07, 6.45) is 2.98. The molecular formula is C34H46N8O3S. The summed E-state index contributed by atoms with van der Waals surface area (Å²) in [5.74, 6) is 1.06. The third-order valence-corrected chi connectivity index (χ3v) is 10.1. The van der Waals surface area contributed by atoms with E-state index in [2.05, 4.69) is 79.4 Å². The van der Waals surface area contributed by atoms with Gasteiger partial charge in [-0.05, 0) is 88.4 Å². The van der Waals surface area contributed by atoms with Crippen molar-refractivity contribution in [3.8, 4) is 5.75 Å². The molecule has 46 heavy (non-hydrogen) atoms. The molecule has 0 saturated carbocycles. The number of benzene rings is 2. The quantitative estimate of drug-likeness (QED) is 0.289. The van der Waals surface area contributed by atoms with Crippen molar-refractivity contribution in [3.63, 3.8) is 0 Å². The Morgan fingerprint density at radius 3 is 2.35 bits per heavy atom. The summed E-state index contributed by atoms with van der Waals surface area (Å²) >= 11 is 1.30. The van der Waals surface area contributed by atoms with Crippen molar-refractivity contribution in [1.29, 1.82) is 0 Å². The lowest BCUT2D eigenvalue weighted by Gasteiger charge is -2.30. The summed E-state index contributed by atoms with van der Waals surface area (Å²) in [6.45, 7) is 16.8. The van der Waals surface area contributed by atoms with Crippen molar-refractivity contribution in [2.45, 2.75) is 101 Å². The Hall–Kier alpha value is -3.93. The van der Waals surface area contributed by atoms with Crippen LogP contribution in [0.1, 0.15) is 85.3 Å². The molecule has 0 radical (unpaired) electrons. The van der Waals surface area contributed by atoms with E-state index in [1.807, 2.05) is 13.0 Å². The maximum Gasteiger partial charge on any atom is 0.268 e. The van der Waals surface area contributed by atoms with Gasteiger partial charge in [-0.25, -0.2) is 4.68 Å². The maximum absolute atomic E-state index is 13.7. The molecule has 2 atom stereocenters. The molecule has 5 rings (SSSR count). The fourth-order valence-electron chi connectivity index (χ4n) is 5.54. The maximum atomic E-state index is 13.7. The van der Waals surface area contributed by atoms with Crippen molar-refractivity contribution in [1.82, 2.24) is 25.1 Å². The molecule has 1 fully saturated rings. The number of carbonyl (C=O) groups excluding carboxylic acids is 2. The molecule has 2 amide bonds. The number of nitrogens with one attached hydrogen (secondary N) is 1. The van der Waals surface area contributed by atoms with Gasteiger partial charge in [0.2, 0.25) is 5.16 Å². The van der Waals surface area contributed by atoms with Gasteiger partial charge in [0.05, 0.1) is 5.69 Å². The van der Waals surface area contributed by atoms with Crippen LogP contribution < -0.4 is 15.1 Å². The van der Waals surface area contributed by atoms with Crippen LogP contribution in [0.25, 0.3) is 0 Å². The molecule has 0 bridgehead atoms. The number of aryl methyl sites for hydroxylation is 1. The number of ether oxygens (including phenoxy) is 1. The van der Waals surface area contributed by atoms with Gasteiger partial charge in [0.25, 0.3) is 11.8 Å². The number of rotatable bonds is 10. The highest BCUT2D eigenvalue weighted by Crippen LogP contribution is 2.38. The SMILES string of the molecule is CCC(Oc1ccc(C(C)(C)CC)cc1C(C)(C)C)C(=O)Nc1ccc(N2N=C(N3CCCC3)C(Sc3nnnn3C)C2=O)cc1.